The van der Waals surface area contributed by atoms with E-state index in [1.807, 2.05) is 13.8 Å². The molecular formula is C21H31N3O7. The van der Waals surface area contributed by atoms with E-state index in [1.165, 1.54) is 6.92 Å². The van der Waals surface area contributed by atoms with Crippen molar-refractivity contribution < 1.29 is 34.1 Å². The number of hydrogen-bond acceptors (Lipinski definition) is 6. The Labute approximate surface area is 181 Å². The number of urea groups is 1. The maximum Gasteiger partial charge on any atom is 0.331 e. The molecule has 4 N–H and O–H groups in total. The molecule has 3 amide bonds. The summed E-state index contributed by atoms with van der Waals surface area (Å²) in [4.78, 5) is 48.9. The highest BCUT2D eigenvalue weighted by Gasteiger charge is 2.33. The molecule has 0 aliphatic heterocycles. The van der Waals surface area contributed by atoms with E-state index < -0.39 is 36.7 Å². The van der Waals surface area contributed by atoms with Crippen LogP contribution in [0.15, 0.2) is 30.3 Å². The van der Waals surface area contributed by atoms with Crippen LogP contribution in [0.4, 0.5) is 4.79 Å². The van der Waals surface area contributed by atoms with Crippen molar-refractivity contribution in [1.29, 1.82) is 0 Å². The largest absolute Gasteiger partial charge is 0.480 e. The molecule has 0 unspecified atom stereocenters. The summed E-state index contributed by atoms with van der Waals surface area (Å²) in [6.07, 6.45) is 0.0579. The average Bonchev–Trinajstić information content (AvgIpc) is 2.70. The molecule has 1 rings (SSSR count). The average molecular weight is 437 g/mol. The summed E-state index contributed by atoms with van der Waals surface area (Å²) < 4.78 is 5.05. The number of carboxylic acids is 1. The second-order valence-electron chi connectivity index (χ2n) is 7.43. The molecular weight excluding hydrogens is 406 g/mol. The van der Waals surface area contributed by atoms with Crippen molar-refractivity contribution in [3.05, 3.63) is 35.9 Å². The first-order valence-corrected chi connectivity index (χ1v) is 10.0. The Kier molecular flexibility index (Phi) is 11.0. The van der Waals surface area contributed by atoms with Crippen molar-refractivity contribution in [1.82, 2.24) is 15.5 Å². The number of benzene rings is 1. The van der Waals surface area contributed by atoms with Crippen molar-refractivity contribution >= 4 is 23.9 Å². The second kappa shape index (κ2) is 13.2. The topological polar surface area (TPSA) is 145 Å². The number of amides is 3. The first-order chi connectivity index (χ1) is 14.6. The van der Waals surface area contributed by atoms with Crippen molar-refractivity contribution in [3.8, 4) is 0 Å². The van der Waals surface area contributed by atoms with E-state index in [2.05, 4.69) is 10.6 Å². The third-order valence-electron chi connectivity index (χ3n) is 4.24. The SMILES string of the molecule is CC(=O)NCCOC(=O)[C@H](CO)N(CC(C)C)C(=O)N[C@@H](Cc1ccccc1)C(=O)O. The first-order valence-electron chi connectivity index (χ1n) is 10.0. The summed E-state index contributed by atoms with van der Waals surface area (Å²) in [5, 5.41) is 24.2. The normalized spacial score (nSPS) is 12.5. The van der Waals surface area contributed by atoms with Crippen LogP contribution in [0.25, 0.3) is 0 Å². The number of rotatable bonds is 12. The molecule has 0 aromatic heterocycles. The fourth-order valence-corrected chi connectivity index (χ4v) is 2.80. The van der Waals surface area contributed by atoms with E-state index in [4.69, 9.17) is 4.74 Å². The fourth-order valence-electron chi connectivity index (χ4n) is 2.80. The van der Waals surface area contributed by atoms with Crippen molar-refractivity contribution in [3.63, 3.8) is 0 Å². The van der Waals surface area contributed by atoms with E-state index >= 15 is 0 Å². The molecule has 2 atom stereocenters. The number of carboxylic acid groups (broad SMARTS) is 1. The van der Waals surface area contributed by atoms with Gasteiger partial charge in [-0.3, -0.25) is 4.79 Å². The summed E-state index contributed by atoms with van der Waals surface area (Å²) in [7, 11) is 0. The first kappa shape index (κ1) is 25.9. The Hall–Kier alpha value is -3.14. The number of hydrogen-bond donors (Lipinski definition) is 4. The monoisotopic (exact) mass is 437 g/mol. The van der Waals surface area contributed by atoms with Gasteiger partial charge in [0.25, 0.3) is 0 Å². The van der Waals surface area contributed by atoms with Crippen LogP contribution in [0.2, 0.25) is 0 Å². The van der Waals surface area contributed by atoms with E-state index in [-0.39, 0.29) is 37.9 Å². The number of carbonyl (C=O) groups is 4. The van der Waals surface area contributed by atoms with Gasteiger partial charge in [0.05, 0.1) is 13.2 Å². The third kappa shape index (κ3) is 9.47. The van der Waals surface area contributed by atoms with Gasteiger partial charge in [0.1, 0.15) is 12.6 Å². The van der Waals surface area contributed by atoms with Gasteiger partial charge in [-0.25, -0.2) is 14.4 Å². The highest BCUT2D eigenvalue weighted by Crippen LogP contribution is 2.10. The molecule has 0 heterocycles. The number of ether oxygens (including phenoxy) is 1. The Morgan fingerprint density at radius 1 is 1.13 bits per heavy atom. The second-order valence-corrected chi connectivity index (χ2v) is 7.43. The summed E-state index contributed by atoms with van der Waals surface area (Å²) in [6.45, 7) is 4.31. The highest BCUT2D eigenvalue weighted by molar-refractivity contribution is 5.87. The molecule has 0 saturated carbocycles. The molecule has 31 heavy (non-hydrogen) atoms. The Balaban J connectivity index is 2.90. The van der Waals surface area contributed by atoms with Gasteiger partial charge in [0.2, 0.25) is 5.91 Å². The highest BCUT2D eigenvalue weighted by atomic mass is 16.5. The predicted octanol–water partition coefficient (Wildman–Crippen LogP) is 0.390. The zero-order valence-corrected chi connectivity index (χ0v) is 18.0. The molecule has 0 aliphatic carbocycles. The van der Waals surface area contributed by atoms with Crippen LogP contribution < -0.4 is 10.6 Å². The van der Waals surface area contributed by atoms with Gasteiger partial charge in [0.15, 0.2) is 6.04 Å². The van der Waals surface area contributed by atoms with Crippen LogP contribution in [0.3, 0.4) is 0 Å². The number of esters is 1. The number of nitrogens with one attached hydrogen (secondary N) is 2. The van der Waals surface area contributed by atoms with Crippen LogP contribution >= 0.6 is 0 Å². The summed E-state index contributed by atoms with van der Waals surface area (Å²) in [5.74, 6) is -2.42. The van der Waals surface area contributed by atoms with Crippen LogP contribution in [-0.2, 0) is 25.5 Å². The fraction of sp³-hybridized carbons (Fsp3) is 0.524. The standard InChI is InChI=1S/C21H31N3O7/c1-14(2)12-24(18(13-25)20(29)31-10-9-22-15(3)26)21(30)23-17(19(27)28)11-16-7-5-4-6-8-16/h4-8,14,17-18,25H,9-13H2,1-3H3,(H,22,26)(H,23,30)(H,27,28)/t17-,18-/m0/s1. The van der Waals surface area contributed by atoms with Gasteiger partial charge in [-0.1, -0.05) is 44.2 Å². The summed E-state index contributed by atoms with van der Waals surface area (Å²) in [6, 6.07) is 5.49. The molecule has 0 aliphatic rings. The molecule has 1 aromatic rings. The third-order valence-corrected chi connectivity index (χ3v) is 4.24. The van der Waals surface area contributed by atoms with Crippen molar-refractivity contribution in [2.24, 2.45) is 5.92 Å². The Morgan fingerprint density at radius 2 is 1.77 bits per heavy atom. The molecule has 1 aromatic carbocycles. The van der Waals surface area contributed by atoms with Gasteiger partial charge in [0, 0.05) is 19.9 Å². The number of carbonyl (C=O) groups excluding carboxylic acids is 3. The molecule has 172 valence electrons. The number of aliphatic hydroxyl groups is 1. The summed E-state index contributed by atoms with van der Waals surface area (Å²) in [5.41, 5.74) is 0.724. The smallest absolute Gasteiger partial charge is 0.331 e. The Morgan fingerprint density at radius 3 is 2.29 bits per heavy atom. The molecule has 10 nitrogen and oxygen atoms in total. The Bertz CT molecular complexity index is 740. The quantitative estimate of drug-likeness (QED) is 0.273. The van der Waals surface area contributed by atoms with Crippen LogP contribution in [0, 0.1) is 5.92 Å². The predicted molar refractivity (Wildman–Crippen MR) is 112 cm³/mol. The maximum absolute atomic E-state index is 12.9. The number of aliphatic hydroxyl groups excluding tert-OH is 1. The number of nitrogens with zero attached hydrogens (tertiary/aromatic N) is 1. The molecule has 0 radical (unpaired) electrons. The lowest BCUT2D eigenvalue weighted by Gasteiger charge is -2.31. The maximum atomic E-state index is 12.9. The minimum absolute atomic E-state index is 0.0579. The zero-order valence-electron chi connectivity index (χ0n) is 18.0. The summed E-state index contributed by atoms with van der Waals surface area (Å²) >= 11 is 0. The van der Waals surface area contributed by atoms with Gasteiger partial charge >= 0.3 is 18.0 Å². The lowest BCUT2D eigenvalue weighted by atomic mass is 10.1. The van der Waals surface area contributed by atoms with Gasteiger partial charge in [-0.2, -0.15) is 0 Å². The van der Waals surface area contributed by atoms with Crippen LogP contribution in [0.5, 0.6) is 0 Å². The molecule has 10 heteroatoms. The lowest BCUT2D eigenvalue weighted by molar-refractivity contribution is -0.150. The van der Waals surface area contributed by atoms with Crippen LogP contribution in [0.1, 0.15) is 26.3 Å². The zero-order chi connectivity index (χ0) is 23.4. The molecule has 0 spiro atoms. The van der Waals surface area contributed by atoms with Gasteiger partial charge < -0.3 is 30.5 Å². The van der Waals surface area contributed by atoms with Gasteiger partial charge in [-0.05, 0) is 11.5 Å². The van der Waals surface area contributed by atoms with Crippen LogP contribution in [-0.4, -0.2) is 77.4 Å². The molecule has 0 fully saturated rings. The van der Waals surface area contributed by atoms with E-state index in [0.717, 1.165) is 10.5 Å². The minimum atomic E-state index is -1.31. The number of aliphatic carboxylic acids is 1. The molecule has 0 bridgehead atoms. The minimum Gasteiger partial charge on any atom is -0.480 e. The van der Waals surface area contributed by atoms with E-state index in [9.17, 15) is 29.4 Å². The van der Waals surface area contributed by atoms with E-state index in [0.29, 0.717) is 0 Å². The van der Waals surface area contributed by atoms with Gasteiger partial charge in [-0.15, -0.1) is 0 Å². The molecule has 0 saturated heterocycles. The van der Waals surface area contributed by atoms with Crippen molar-refractivity contribution in [2.45, 2.75) is 39.3 Å². The van der Waals surface area contributed by atoms with E-state index in [1.54, 1.807) is 30.3 Å². The van der Waals surface area contributed by atoms with Crippen molar-refractivity contribution in [2.75, 3.05) is 26.3 Å². The lowest BCUT2D eigenvalue weighted by Crippen LogP contribution is -2.56.